The minimum Gasteiger partial charge on any atom is -0.207 e. The van der Waals surface area contributed by atoms with Crippen molar-refractivity contribution in [3.63, 3.8) is 0 Å². The Labute approximate surface area is 265 Å². The first-order valence-electron chi connectivity index (χ1n) is 19.0. The van der Waals surface area contributed by atoms with E-state index in [-0.39, 0.29) is 5.82 Å². The molecule has 3 aliphatic rings. The van der Waals surface area contributed by atoms with Crippen molar-refractivity contribution in [3.8, 4) is 0 Å². The van der Waals surface area contributed by atoms with E-state index < -0.39 is 0 Å². The molecule has 238 valence electrons. The summed E-state index contributed by atoms with van der Waals surface area (Å²) in [5.41, 5.74) is 5.39. The van der Waals surface area contributed by atoms with Crippen molar-refractivity contribution < 1.29 is 4.39 Å². The summed E-state index contributed by atoms with van der Waals surface area (Å²) in [4.78, 5) is 0. The van der Waals surface area contributed by atoms with Gasteiger partial charge in [-0.25, -0.2) is 4.39 Å². The van der Waals surface area contributed by atoms with Crippen LogP contribution in [-0.2, 0) is 6.42 Å². The minimum atomic E-state index is 0.0398. The Balaban J connectivity index is 1.01. The molecule has 3 saturated carbocycles. The van der Waals surface area contributed by atoms with Crippen LogP contribution in [0.15, 0.2) is 42.5 Å². The van der Waals surface area contributed by atoms with E-state index in [1.54, 1.807) is 11.1 Å². The average Bonchev–Trinajstić information content (AvgIpc) is 3.06. The average molecular weight is 587 g/mol. The molecule has 3 aliphatic carbocycles. The second-order valence-electron chi connectivity index (χ2n) is 15.1. The SMILES string of the molecule is CCCCCCCC1CCC(c2ccc(C3CCC(C4CCC(c5ccc(CCCCC)c(F)c5)CC4)CC3)cc2)CC1. The van der Waals surface area contributed by atoms with Gasteiger partial charge in [0.15, 0.2) is 0 Å². The number of hydrogen-bond donors (Lipinski definition) is 0. The fourth-order valence-corrected chi connectivity index (χ4v) is 9.29. The van der Waals surface area contributed by atoms with Crippen molar-refractivity contribution in [3.05, 3.63) is 70.5 Å². The second kappa shape index (κ2) is 17.2. The first-order chi connectivity index (χ1) is 21.1. The van der Waals surface area contributed by atoms with Crippen LogP contribution in [0.5, 0.6) is 0 Å². The fraction of sp³-hybridized carbons (Fsp3) is 0.714. The number of aryl methyl sites for hydroxylation is 1. The van der Waals surface area contributed by atoms with Crippen LogP contribution in [0.3, 0.4) is 0 Å². The van der Waals surface area contributed by atoms with Crippen LogP contribution < -0.4 is 0 Å². The van der Waals surface area contributed by atoms with E-state index in [0.29, 0.717) is 5.92 Å². The lowest BCUT2D eigenvalue weighted by atomic mass is 9.67. The zero-order valence-electron chi connectivity index (χ0n) is 27.9. The van der Waals surface area contributed by atoms with Crippen LogP contribution in [0, 0.1) is 23.6 Å². The molecule has 2 aromatic carbocycles. The van der Waals surface area contributed by atoms with Crippen molar-refractivity contribution in [2.75, 3.05) is 0 Å². The molecule has 3 fully saturated rings. The number of halogens is 1. The molecule has 0 bridgehead atoms. The van der Waals surface area contributed by atoms with Crippen LogP contribution in [0.1, 0.15) is 189 Å². The van der Waals surface area contributed by atoms with Crippen LogP contribution >= 0.6 is 0 Å². The summed E-state index contributed by atoms with van der Waals surface area (Å²) in [5, 5.41) is 0. The normalized spacial score (nSPS) is 28.2. The molecular formula is C42H63F. The molecule has 0 unspecified atom stereocenters. The van der Waals surface area contributed by atoms with E-state index in [1.807, 2.05) is 6.07 Å². The van der Waals surface area contributed by atoms with Gasteiger partial charge in [-0.15, -0.1) is 0 Å². The summed E-state index contributed by atoms with van der Waals surface area (Å²) in [6, 6.07) is 16.2. The molecule has 0 aliphatic heterocycles. The molecule has 0 spiro atoms. The Morgan fingerprint density at radius 2 is 0.977 bits per heavy atom. The summed E-state index contributed by atoms with van der Waals surface area (Å²) in [6.07, 6.45) is 29.5. The molecule has 0 N–H and O–H groups in total. The highest BCUT2D eigenvalue weighted by molar-refractivity contribution is 5.29. The summed E-state index contributed by atoms with van der Waals surface area (Å²) in [7, 11) is 0. The van der Waals surface area contributed by atoms with Crippen molar-refractivity contribution in [2.45, 2.75) is 173 Å². The van der Waals surface area contributed by atoms with Crippen LogP contribution in [0.2, 0.25) is 0 Å². The van der Waals surface area contributed by atoms with Gasteiger partial charge in [-0.3, -0.25) is 0 Å². The second-order valence-corrected chi connectivity index (χ2v) is 15.1. The monoisotopic (exact) mass is 586 g/mol. The van der Waals surface area contributed by atoms with E-state index >= 15 is 0 Å². The van der Waals surface area contributed by atoms with Crippen LogP contribution in [0.25, 0.3) is 0 Å². The third-order valence-electron chi connectivity index (χ3n) is 12.3. The molecule has 0 atom stereocenters. The Morgan fingerprint density at radius 3 is 1.51 bits per heavy atom. The molecule has 0 nitrogen and oxygen atoms in total. The number of rotatable bonds is 14. The molecule has 1 heteroatoms. The smallest absolute Gasteiger partial charge is 0.126 e. The molecule has 0 saturated heterocycles. The van der Waals surface area contributed by atoms with Crippen molar-refractivity contribution in [1.82, 2.24) is 0 Å². The third kappa shape index (κ3) is 9.43. The van der Waals surface area contributed by atoms with Gasteiger partial charge in [0.25, 0.3) is 0 Å². The van der Waals surface area contributed by atoms with E-state index in [9.17, 15) is 4.39 Å². The first kappa shape index (κ1) is 32.8. The summed E-state index contributed by atoms with van der Waals surface area (Å²) >= 11 is 0. The molecule has 0 amide bonds. The third-order valence-corrected chi connectivity index (χ3v) is 12.3. The zero-order valence-corrected chi connectivity index (χ0v) is 27.9. The molecular weight excluding hydrogens is 523 g/mol. The highest BCUT2D eigenvalue weighted by Crippen LogP contribution is 2.46. The highest BCUT2D eigenvalue weighted by Gasteiger charge is 2.32. The minimum absolute atomic E-state index is 0.0398. The lowest BCUT2D eigenvalue weighted by molar-refractivity contribution is 0.177. The van der Waals surface area contributed by atoms with Gasteiger partial charge < -0.3 is 0 Å². The van der Waals surface area contributed by atoms with Crippen molar-refractivity contribution in [1.29, 1.82) is 0 Å². The summed E-state index contributed by atoms with van der Waals surface area (Å²) in [5.74, 6) is 4.98. The number of unbranched alkanes of at least 4 members (excludes halogenated alkanes) is 6. The van der Waals surface area contributed by atoms with Gasteiger partial charge in [0.2, 0.25) is 0 Å². The standard InChI is InChI=1S/C42H63F/c1-3-5-7-8-10-11-32-13-15-33(16-14-32)34-17-19-35(20-18-34)36-21-23-37(24-22-36)38-25-27-39(28-26-38)41-30-29-40(42(43)31-41)12-9-6-4-2/h17-20,29-33,36-39H,3-16,21-28H2,1-2H3. The zero-order chi connectivity index (χ0) is 29.9. The maximum atomic E-state index is 14.8. The first-order valence-corrected chi connectivity index (χ1v) is 19.0. The Bertz CT molecular complexity index is 1040. The van der Waals surface area contributed by atoms with Gasteiger partial charge in [-0.1, -0.05) is 102 Å². The highest BCUT2D eigenvalue weighted by atomic mass is 19.1. The number of hydrogen-bond acceptors (Lipinski definition) is 0. The van der Waals surface area contributed by atoms with Gasteiger partial charge in [0, 0.05) is 0 Å². The largest absolute Gasteiger partial charge is 0.207 e. The van der Waals surface area contributed by atoms with E-state index in [0.717, 1.165) is 48.0 Å². The lowest BCUT2D eigenvalue weighted by Crippen LogP contribution is -2.25. The molecule has 43 heavy (non-hydrogen) atoms. The van der Waals surface area contributed by atoms with Crippen molar-refractivity contribution in [2.24, 2.45) is 17.8 Å². The van der Waals surface area contributed by atoms with Gasteiger partial charge in [0.1, 0.15) is 5.82 Å². The van der Waals surface area contributed by atoms with Crippen molar-refractivity contribution >= 4 is 0 Å². The maximum Gasteiger partial charge on any atom is 0.126 e. The van der Waals surface area contributed by atoms with Gasteiger partial charge >= 0.3 is 0 Å². The molecule has 2 aromatic rings. The molecule has 0 aromatic heterocycles. The Kier molecular flexibility index (Phi) is 13.1. The predicted octanol–water partition coefficient (Wildman–Crippen LogP) is 13.4. The van der Waals surface area contributed by atoms with Gasteiger partial charge in [-0.05, 0) is 154 Å². The number of benzene rings is 2. The topological polar surface area (TPSA) is 0 Å². The van der Waals surface area contributed by atoms with E-state index in [4.69, 9.17) is 0 Å². The fourth-order valence-electron chi connectivity index (χ4n) is 9.29. The van der Waals surface area contributed by atoms with Gasteiger partial charge in [0.05, 0.1) is 0 Å². The summed E-state index contributed by atoms with van der Waals surface area (Å²) < 4.78 is 14.8. The Morgan fingerprint density at radius 1 is 0.512 bits per heavy atom. The predicted molar refractivity (Wildman–Crippen MR) is 184 cm³/mol. The van der Waals surface area contributed by atoms with E-state index in [1.165, 1.54) is 134 Å². The quantitative estimate of drug-likeness (QED) is 0.193. The lowest BCUT2D eigenvalue weighted by Gasteiger charge is -2.38. The van der Waals surface area contributed by atoms with Crippen LogP contribution in [0.4, 0.5) is 4.39 Å². The summed E-state index contributed by atoms with van der Waals surface area (Å²) in [6.45, 7) is 4.52. The molecule has 5 rings (SSSR count). The van der Waals surface area contributed by atoms with E-state index in [2.05, 4.69) is 50.2 Å². The molecule has 0 radical (unpaired) electrons. The molecule has 0 heterocycles. The maximum absolute atomic E-state index is 14.8. The van der Waals surface area contributed by atoms with Gasteiger partial charge in [-0.2, -0.15) is 0 Å². The van der Waals surface area contributed by atoms with Crippen LogP contribution in [-0.4, -0.2) is 0 Å². The Hall–Kier alpha value is -1.63.